The molecule has 3 aromatic rings. The van der Waals surface area contributed by atoms with E-state index in [1.165, 1.54) is 0 Å². The summed E-state index contributed by atoms with van der Waals surface area (Å²) in [6.45, 7) is 9.79. The number of benzene rings is 2. The first-order valence-corrected chi connectivity index (χ1v) is 15.9. The summed E-state index contributed by atoms with van der Waals surface area (Å²) in [5.41, 5.74) is 3.79. The van der Waals surface area contributed by atoms with Crippen LogP contribution in [0, 0.1) is 11.8 Å². The Morgan fingerprint density at radius 1 is 1.11 bits per heavy atom. The lowest BCUT2D eigenvalue weighted by atomic mass is 9.67. The third kappa shape index (κ3) is 4.56. The van der Waals surface area contributed by atoms with Gasteiger partial charge in [-0.2, -0.15) is 0 Å². The molecule has 0 amide bonds. The minimum absolute atomic E-state index is 0.0927. The van der Waals surface area contributed by atoms with Gasteiger partial charge >= 0.3 is 0 Å². The summed E-state index contributed by atoms with van der Waals surface area (Å²) in [5.74, 6) is 1.87. The van der Waals surface area contributed by atoms with Crippen LogP contribution in [0.25, 0.3) is 11.0 Å². The Morgan fingerprint density at radius 2 is 1.86 bits per heavy atom. The van der Waals surface area contributed by atoms with E-state index in [-0.39, 0.29) is 11.7 Å². The van der Waals surface area contributed by atoms with E-state index < -0.39 is 14.6 Å². The monoisotopic (exact) mass is 581 g/mol. The molecule has 3 atom stereocenters. The summed E-state index contributed by atoms with van der Waals surface area (Å²) in [6, 6.07) is 9.56. The highest BCUT2D eigenvalue weighted by Crippen LogP contribution is 2.51. The number of halogens is 3. The molecule has 37 heavy (non-hydrogen) atoms. The molecule has 2 aromatic carbocycles. The van der Waals surface area contributed by atoms with E-state index in [0.29, 0.717) is 39.7 Å². The molecule has 0 spiro atoms. The Balaban J connectivity index is 1.69. The highest BCUT2D eigenvalue weighted by Gasteiger charge is 2.47. The van der Waals surface area contributed by atoms with E-state index in [2.05, 4.69) is 29.4 Å². The van der Waals surface area contributed by atoms with Crippen molar-refractivity contribution in [2.24, 2.45) is 11.8 Å². The van der Waals surface area contributed by atoms with Gasteiger partial charge in [0.15, 0.2) is 9.84 Å². The van der Waals surface area contributed by atoms with Crippen molar-refractivity contribution in [2.75, 3.05) is 17.2 Å². The molecule has 9 heteroatoms. The van der Waals surface area contributed by atoms with Crippen LogP contribution >= 0.6 is 34.8 Å². The molecule has 0 N–H and O–H groups in total. The van der Waals surface area contributed by atoms with Gasteiger partial charge in [0.25, 0.3) is 0 Å². The molecule has 200 valence electrons. The first-order chi connectivity index (χ1) is 17.5. The van der Waals surface area contributed by atoms with Gasteiger partial charge in [-0.25, -0.2) is 13.4 Å². The van der Waals surface area contributed by atoms with Crippen LogP contribution in [0.3, 0.4) is 0 Å². The number of imidazole rings is 1. The van der Waals surface area contributed by atoms with Gasteiger partial charge in [0, 0.05) is 23.9 Å². The molecule has 5 nitrogen and oxygen atoms in total. The van der Waals surface area contributed by atoms with Gasteiger partial charge in [-0.15, -0.1) is 0 Å². The van der Waals surface area contributed by atoms with E-state index >= 15 is 0 Å². The van der Waals surface area contributed by atoms with Crippen molar-refractivity contribution in [3.8, 4) is 0 Å². The van der Waals surface area contributed by atoms with Crippen molar-refractivity contribution in [3.05, 3.63) is 51.0 Å². The molecule has 3 unspecified atom stereocenters. The minimum atomic E-state index is -3.21. The lowest BCUT2D eigenvalue weighted by Gasteiger charge is -2.44. The van der Waals surface area contributed by atoms with Crippen molar-refractivity contribution in [1.82, 2.24) is 9.55 Å². The second-order valence-electron chi connectivity index (χ2n) is 11.1. The van der Waals surface area contributed by atoms with Gasteiger partial charge in [0.1, 0.15) is 5.52 Å². The van der Waals surface area contributed by atoms with Crippen LogP contribution in [0.5, 0.6) is 0 Å². The summed E-state index contributed by atoms with van der Waals surface area (Å²) in [7, 11) is -3.21. The van der Waals surface area contributed by atoms with Crippen molar-refractivity contribution in [3.63, 3.8) is 0 Å². The molecule has 1 aliphatic carbocycles. The molecule has 2 heterocycles. The fourth-order valence-electron chi connectivity index (χ4n) is 6.51. The van der Waals surface area contributed by atoms with Gasteiger partial charge in [0.2, 0.25) is 5.95 Å². The topological polar surface area (TPSA) is 55.2 Å². The second-order valence-corrected chi connectivity index (χ2v) is 15.2. The Bertz CT molecular complexity index is 1450. The number of nitrogens with zero attached hydrogens (tertiary/aromatic N) is 3. The average molecular weight is 583 g/mol. The van der Waals surface area contributed by atoms with Crippen LogP contribution in [0.4, 0.5) is 11.6 Å². The van der Waals surface area contributed by atoms with E-state index in [4.69, 9.17) is 39.8 Å². The number of hydrogen-bond acceptors (Lipinski definition) is 4. The van der Waals surface area contributed by atoms with Gasteiger partial charge in [-0.05, 0) is 80.2 Å². The predicted octanol–water partition coefficient (Wildman–Crippen LogP) is 8.27. The normalized spacial score (nSPS) is 24.6. The van der Waals surface area contributed by atoms with Crippen molar-refractivity contribution in [1.29, 1.82) is 0 Å². The smallest absolute Gasteiger partial charge is 0.211 e. The maximum atomic E-state index is 13.2. The highest BCUT2D eigenvalue weighted by atomic mass is 35.5. The zero-order chi connectivity index (χ0) is 26.7. The second kappa shape index (κ2) is 9.93. The fraction of sp³-hybridized carbons (Fsp3) is 0.536. The number of rotatable bonds is 5. The number of anilines is 2. The van der Waals surface area contributed by atoms with E-state index in [0.717, 1.165) is 54.2 Å². The van der Waals surface area contributed by atoms with Crippen LogP contribution in [-0.4, -0.2) is 35.0 Å². The quantitative estimate of drug-likeness (QED) is 0.304. The summed E-state index contributed by atoms with van der Waals surface area (Å²) in [4.78, 5) is 7.18. The first-order valence-electron chi connectivity index (χ1n) is 13.1. The van der Waals surface area contributed by atoms with Gasteiger partial charge in [-0.3, -0.25) is 0 Å². The molecule has 1 saturated carbocycles. The lowest BCUT2D eigenvalue weighted by molar-refractivity contribution is 0.208. The molecular formula is C28H34Cl3N3O2S. The molecular weight excluding hydrogens is 549 g/mol. The number of aryl methyl sites for hydroxylation is 1. The Labute approximate surface area is 235 Å². The summed E-state index contributed by atoms with van der Waals surface area (Å²) < 4.78 is 28.0. The Hall–Kier alpha value is -1.47. The van der Waals surface area contributed by atoms with Crippen molar-refractivity contribution >= 4 is 67.3 Å². The summed E-state index contributed by atoms with van der Waals surface area (Å²) >= 11 is 19.5. The van der Waals surface area contributed by atoms with Crippen LogP contribution in [-0.2, 0) is 16.4 Å². The molecule has 5 rings (SSSR count). The Kier molecular flexibility index (Phi) is 7.27. The largest absolute Gasteiger partial charge is 0.310 e. The molecule has 2 aliphatic rings. The molecule has 0 radical (unpaired) electrons. The van der Waals surface area contributed by atoms with Crippen LogP contribution in [0.2, 0.25) is 15.1 Å². The van der Waals surface area contributed by atoms with Crippen molar-refractivity contribution < 1.29 is 8.42 Å². The number of hydrogen-bond donors (Lipinski definition) is 0. The lowest BCUT2D eigenvalue weighted by Crippen LogP contribution is -2.44. The number of sulfone groups is 1. The van der Waals surface area contributed by atoms with Crippen LogP contribution in [0.15, 0.2) is 30.3 Å². The van der Waals surface area contributed by atoms with Crippen LogP contribution in [0.1, 0.15) is 64.9 Å². The molecule has 1 aliphatic heterocycles. The third-order valence-electron chi connectivity index (χ3n) is 8.62. The van der Waals surface area contributed by atoms with Gasteiger partial charge in [0.05, 0.1) is 26.0 Å². The van der Waals surface area contributed by atoms with Gasteiger partial charge < -0.3 is 9.47 Å². The highest BCUT2D eigenvalue weighted by molar-refractivity contribution is 7.92. The molecule has 0 saturated heterocycles. The third-order valence-corrected chi connectivity index (χ3v) is 12.1. The van der Waals surface area contributed by atoms with Gasteiger partial charge in [-0.1, -0.05) is 61.6 Å². The number of fused-ring (bicyclic) bond motifs is 3. The average Bonchev–Trinajstić information content (AvgIpc) is 3.25. The minimum Gasteiger partial charge on any atom is -0.310 e. The zero-order valence-electron chi connectivity index (χ0n) is 21.8. The predicted molar refractivity (Wildman–Crippen MR) is 156 cm³/mol. The fourth-order valence-corrected chi connectivity index (χ4v) is 8.78. The van der Waals surface area contributed by atoms with Crippen LogP contribution < -0.4 is 4.90 Å². The van der Waals surface area contributed by atoms with Crippen molar-refractivity contribution in [2.45, 2.75) is 70.6 Å². The SMILES string of the molecule is CCS(=O)(=O)C1(C)CCC(C(C)C)C(c2ccc(Cl)c3nc4n(c23)CCCN4c2ccc(Cl)cc2Cl)C1. The first kappa shape index (κ1) is 27.1. The standard InChI is InChI=1S/C28H34Cl3N3O2S/c1-5-37(35,36)28(4)12-11-19(17(2)3)21(16-28)20-8-9-22(30)25-26(20)34-14-6-13-33(27(34)32-25)24-10-7-18(29)15-23(24)31/h7-10,15,17,19,21H,5-6,11-14,16H2,1-4H3. The molecule has 1 aromatic heterocycles. The molecule has 1 fully saturated rings. The summed E-state index contributed by atoms with van der Waals surface area (Å²) in [5, 5.41) is 1.77. The van der Waals surface area contributed by atoms with E-state index in [1.54, 1.807) is 13.0 Å². The van der Waals surface area contributed by atoms with E-state index in [9.17, 15) is 8.42 Å². The summed E-state index contributed by atoms with van der Waals surface area (Å²) in [6.07, 6.45) is 3.11. The molecule has 0 bridgehead atoms. The maximum absolute atomic E-state index is 13.2. The number of aromatic nitrogens is 2. The van der Waals surface area contributed by atoms with E-state index in [1.807, 2.05) is 25.1 Å². The zero-order valence-corrected chi connectivity index (χ0v) is 24.9. The Morgan fingerprint density at radius 3 is 2.54 bits per heavy atom. The maximum Gasteiger partial charge on any atom is 0.211 e.